The Bertz CT molecular complexity index is 373. The van der Waals surface area contributed by atoms with Crippen molar-refractivity contribution in [3.05, 3.63) is 12.4 Å². The minimum Gasteiger partial charge on any atom is -0.330 e. The lowest BCUT2D eigenvalue weighted by Crippen LogP contribution is -2.23. The van der Waals surface area contributed by atoms with Crippen LogP contribution in [0.2, 0.25) is 0 Å². The van der Waals surface area contributed by atoms with E-state index in [-0.39, 0.29) is 11.8 Å². The van der Waals surface area contributed by atoms with Crippen molar-refractivity contribution >= 4 is 11.6 Å². The van der Waals surface area contributed by atoms with Crippen molar-refractivity contribution in [2.75, 3.05) is 11.9 Å². The number of amides is 1. The van der Waals surface area contributed by atoms with E-state index in [2.05, 4.69) is 24.3 Å². The molecular formula is C13H24N4O. The zero-order valence-electron chi connectivity index (χ0n) is 11.5. The Morgan fingerprint density at radius 3 is 2.78 bits per heavy atom. The molecule has 102 valence electrons. The Morgan fingerprint density at radius 2 is 2.28 bits per heavy atom. The van der Waals surface area contributed by atoms with Gasteiger partial charge in [-0.3, -0.25) is 9.48 Å². The zero-order chi connectivity index (χ0) is 13.5. The highest BCUT2D eigenvalue weighted by Gasteiger charge is 2.14. The maximum atomic E-state index is 11.9. The van der Waals surface area contributed by atoms with Gasteiger partial charge in [0.05, 0.1) is 11.9 Å². The van der Waals surface area contributed by atoms with Gasteiger partial charge in [-0.2, -0.15) is 5.10 Å². The lowest BCUT2D eigenvalue weighted by atomic mass is 9.94. The van der Waals surface area contributed by atoms with Crippen LogP contribution in [0.15, 0.2) is 12.4 Å². The summed E-state index contributed by atoms with van der Waals surface area (Å²) >= 11 is 0. The molecule has 0 aromatic carbocycles. The van der Waals surface area contributed by atoms with Gasteiger partial charge < -0.3 is 11.1 Å². The van der Waals surface area contributed by atoms with Crippen molar-refractivity contribution in [2.24, 2.45) is 17.6 Å². The van der Waals surface area contributed by atoms with E-state index in [4.69, 9.17) is 5.73 Å². The van der Waals surface area contributed by atoms with E-state index >= 15 is 0 Å². The number of nitrogens with one attached hydrogen (secondary N) is 1. The number of hydrogen-bond donors (Lipinski definition) is 2. The number of anilines is 1. The number of carbonyl (C=O) groups is 1. The fourth-order valence-electron chi connectivity index (χ4n) is 2.00. The third-order valence-electron chi connectivity index (χ3n) is 2.85. The standard InChI is InChI=1S/C13H24N4O/c1-4-17-9-12(8-15-17)16-13(18)6-11(7-14)5-10(2)3/h8-11H,4-7,14H2,1-3H3,(H,16,18)/t11-/m0/s1. The fourth-order valence-corrected chi connectivity index (χ4v) is 2.00. The molecule has 1 rings (SSSR count). The minimum atomic E-state index is 0.0155. The molecule has 0 unspecified atom stereocenters. The number of aryl methyl sites for hydroxylation is 1. The van der Waals surface area contributed by atoms with Crippen LogP contribution in [0.25, 0.3) is 0 Å². The Kier molecular flexibility index (Phi) is 5.85. The van der Waals surface area contributed by atoms with Crippen LogP contribution in [0.4, 0.5) is 5.69 Å². The number of aromatic nitrogens is 2. The molecule has 1 heterocycles. The van der Waals surface area contributed by atoms with Crippen LogP contribution in [-0.4, -0.2) is 22.2 Å². The number of carbonyl (C=O) groups excluding carboxylic acids is 1. The Hall–Kier alpha value is -1.36. The van der Waals surface area contributed by atoms with E-state index in [0.29, 0.717) is 18.9 Å². The molecule has 1 atom stereocenters. The lowest BCUT2D eigenvalue weighted by molar-refractivity contribution is -0.117. The molecule has 0 aliphatic rings. The van der Waals surface area contributed by atoms with Crippen LogP contribution in [0.3, 0.4) is 0 Å². The summed E-state index contributed by atoms with van der Waals surface area (Å²) < 4.78 is 1.78. The van der Waals surface area contributed by atoms with Crippen LogP contribution < -0.4 is 11.1 Å². The van der Waals surface area contributed by atoms with Gasteiger partial charge in [0.15, 0.2) is 0 Å². The topological polar surface area (TPSA) is 72.9 Å². The second-order valence-corrected chi connectivity index (χ2v) is 5.07. The molecule has 18 heavy (non-hydrogen) atoms. The summed E-state index contributed by atoms with van der Waals surface area (Å²) in [5.41, 5.74) is 6.44. The van der Waals surface area contributed by atoms with Gasteiger partial charge in [0.1, 0.15) is 0 Å². The smallest absolute Gasteiger partial charge is 0.224 e. The SMILES string of the molecule is CCn1cc(NC(=O)C[C@@H](CN)CC(C)C)cn1. The van der Waals surface area contributed by atoms with Crippen molar-refractivity contribution in [3.63, 3.8) is 0 Å². The van der Waals surface area contributed by atoms with E-state index in [0.717, 1.165) is 18.7 Å². The van der Waals surface area contributed by atoms with Crippen molar-refractivity contribution < 1.29 is 4.79 Å². The fraction of sp³-hybridized carbons (Fsp3) is 0.692. The van der Waals surface area contributed by atoms with E-state index < -0.39 is 0 Å². The molecule has 1 aromatic heterocycles. The number of hydrogen-bond acceptors (Lipinski definition) is 3. The Labute approximate surface area is 109 Å². The molecule has 0 aliphatic heterocycles. The summed E-state index contributed by atoms with van der Waals surface area (Å²) in [6.45, 7) is 7.65. The molecule has 0 saturated heterocycles. The molecule has 1 amide bonds. The average molecular weight is 252 g/mol. The molecule has 0 saturated carbocycles. The van der Waals surface area contributed by atoms with Crippen LogP contribution in [0.5, 0.6) is 0 Å². The molecule has 0 radical (unpaired) electrons. The number of nitrogens with zero attached hydrogens (tertiary/aromatic N) is 2. The first-order valence-corrected chi connectivity index (χ1v) is 6.57. The van der Waals surface area contributed by atoms with E-state index in [1.807, 2.05) is 13.1 Å². The first-order chi connectivity index (χ1) is 8.55. The monoisotopic (exact) mass is 252 g/mol. The number of nitrogens with two attached hydrogens (primary N) is 1. The van der Waals surface area contributed by atoms with Gasteiger partial charge in [0, 0.05) is 19.2 Å². The van der Waals surface area contributed by atoms with Gasteiger partial charge in [-0.05, 0) is 31.7 Å². The first kappa shape index (κ1) is 14.7. The Morgan fingerprint density at radius 1 is 1.56 bits per heavy atom. The summed E-state index contributed by atoms with van der Waals surface area (Å²) in [5.74, 6) is 0.835. The molecule has 0 aliphatic carbocycles. The van der Waals surface area contributed by atoms with E-state index in [9.17, 15) is 4.79 Å². The van der Waals surface area contributed by atoms with Gasteiger partial charge in [-0.15, -0.1) is 0 Å². The van der Waals surface area contributed by atoms with Crippen molar-refractivity contribution in [1.82, 2.24) is 9.78 Å². The van der Waals surface area contributed by atoms with Gasteiger partial charge in [0.2, 0.25) is 5.91 Å². The maximum absolute atomic E-state index is 11.9. The second-order valence-electron chi connectivity index (χ2n) is 5.07. The van der Waals surface area contributed by atoms with Gasteiger partial charge in [-0.1, -0.05) is 13.8 Å². The van der Waals surface area contributed by atoms with Gasteiger partial charge in [0.25, 0.3) is 0 Å². The summed E-state index contributed by atoms with van der Waals surface area (Å²) in [6, 6.07) is 0. The normalized spacial score (nSPS) is 12.7. The van der Waals surface area contributed by atoms with Gasteiger partial charge in [-0.25, -0.2) is 0 Å². The minimum absolute atomic E-state index is 0.0155. The van der Waals surface area contributed by atoms with Crippen LogP contribution in [-0.2, 0) is 11.3 Å². The zero-order valence-corrected chi connectivity index (χ0v) is 11.5. The van der Waals surface area contributed by atoms with E-state index in [1.54, 1.807) is 10.9 Å². The van der Waals surface area contributed by atoms with Crippen molar-refractivity contribution in [1.29, 1.82) is 0 Å². The van der Waals surface area contributed by atoms with Crippen molar-refractivity contribution in [2.45, 2.75) is 40.2 Å². The third kappa shape index (κ3) is 4.87. The van der Waals surface area contributed by atoms with Crippen LogP contribution >= 0.6 is 0 Å². The van der Waals surface area contributed by atoms with Crippen LogP contribution in [0.1, 0.15) is 33.6 Å². The highest BCUT2D eigenvalue weighted by molar-refractivity contribution is 5.90. The molecule has 5 heteroatoms. The van der Waals surface area contributed by atoms with E-state index in [1.165, 1.54) is 0 Å². The van der Waals surface area contributed by atoms with Crippen LogP contribution in [0, 0.1) is 11.8 Å². The van der Waals surface area contributed by atoms with Crippen molar-refractivity contribution in [3.8, 4) is 0 Å². The predicted molar refractivity (Wildman–Crippen MR) is 73.1 cm³/mol. The highest BCUT2D eigenvalue weighted by atomic mass is 16.1. The third-order valence-corrected chi connectivity index (χ3v) is 2.85. The molecule has 0 bridgehead atoms. The lowest BCUT2D eigenvalue weighted by Gasteiger charge is -2.16. The number of rotatable bonds is 7. The first-order valence-electron chi connectivity index (χ1n) is 6.57. The molecule has 0 fully saturated rings. The quantitative estimate of drug-likeness (QED) is 0.778. The molecule has 1 aromatic rings. The second kappa shape index (κ2) is 7.16. The molecule has 5 nitrogen and oxygen atoms in total. The highest BCUT2D eigenvalue weighted by Crippen LogP contribution is 2.15. The molecule has 3 N–H and O–H groups in total. The predicted octanol–water partition coefficient (Wildman–Crippen LogP) is 1.85. The molecule has 0 spiro atoms. The summed E-state index contributed by atoms with van der Waals surface area (Å²) in [5, 5.41) is 6.97. The average Bonchev–Trinajstić information content (AvgIpc) is 2.75. The summed E-state index contributed by atoms with van der Waals surface area (Å²) in [7, 11) is 0. The summed E-state index contributed by atoms with van der Waals surface area (Å²) in [6.07, 6.45) is 4.96. The summed E-state index contributed by atoms with van der Waals surface area (Å²) in [4.78, 5) is 11.9. The molecular weight excluding hydrogens is 228 g/mol. The Balaban J connectivity index is 2.44. The maximum Gasteiger partial charge on any atom is 0.224 e. The largest absolute Gasteiger partial charge is 0.330 e. The van der Waals surface area contributed by atoms with Gasteiger partial charge >= 0.3 is 0 Å².